The fraction of sp³-hybridized carbons (Fsp3) is 0.0833. The maximum atomic E-state index is 13.2. The molecule has 0 aliphatic carbocycles. The summed E-state index contributed by atoms with van der Waals surface area (Å²) in [6.07, 6.45) is 0. The second kappa shape index (κ2) is 8.78. The van der Waals surface area contributed by atoms with Gasteiger partial charge in [0.05, 0.1) is 6.54 Å². The van der Waals surface area contributed by atoms with Crippen LogP contribution in [0.4, 0.5) is 5.69 Å². The Morgan fingerprint density at radius 1 is 0.900 bits per heavy atom. The summed E-state index contributed by atoms with van der Waals surface area (Å²) in [4.78, 5) is 28.9. The number of hydrogen-bond donors (Lipinski definition) is 1. The minimum Gasteiger partial charge on any atom is -0.350 e. The van der Waals surface area contributed by atoms with E-state index < -0.39 is 0 Å². The van der Waals surface area contributed by atoms with Gasteiger partial charge in [0.1, 0.15) is 10.6 Å². The average Bonchev–Trinajstić information content (AvgIpc) is 2.95. The van der Waals surface area contributed by atoms with Crippen molar-refractivity contribution in [3.63, 3.8) is 0 Å². The molecular weight excluding hydrogens is 416 g/mol. The number of nitrogens with zero attached hydrogens (tertiary/aromatic N) is 1. The maximum absolute atomic E-state index is 13.2. The summed E-state index contributed by atoms with van der Waals surface area (Å²) >= 11 is 7.25. The standard InChI is InChI=1S/C24H19ClN2O2S/c1-16-6-5-9-19(14-16)26-21-22(30-20-12-10-18(25)11-13-20)24(29)27(23(21)28)15-17-7-3-2-4-8-17/h2-14,26H,15H2,1H3. The summed E-state index contributed by atoms with van der Waals surface area (Å²) in [6, 6.07) is 24.4. The number of carbonyl (C=O) groups excluding carboxylic acids is 2. The monoisotopic (exact) mass is 434 g/mol. The van der Waals surface area contributed by atoms with Crippen LogP contribution in [0.1, 0.15) is 11.1 Å². The average molecular weight is 435 g/mol. The second-order valence-corrected chi connectivity index (χ2v) is 8.46. The van der Waals surface area contributed by atoms with Gasteiger partial charge in [0.2, 0.25) is 0 Å². The van der Waals surface area contributed by atoms with E-state index >= 15 is 0 Å². The lowest BCUT2D eigenvalue weighted by atomic mass is 10.2. The zero-order chi connectivity index (χ0) is 21.1. The van der Waals surface area contributed by atoms with Crippen molar-refractivity contribution in [1.29, 1.82) is 0 Å². The molecule has 30 heavy (non-hydrogen) atoms. The predicted octanol–water partition coefficient (Wildman–Crippen LogP) is 5.63. The Morgan fingerprint density at radius 2 is 1.63 bits per heavy atom. The number of halogens is 1. The number of rotatable bonds is 6. The molecule has 4 nitrogen and oxygen atoms in total. The molecule has 0 saturated heterocycles. The molecule has 0 atom stereocenters. The first-order valence-electron chi connectivity index (χ1n) is 9.43. The van der Waals surface area contributed by atoms with Gasteiger partial charge in [0.25, 0.3) is 11.8 Å². The van der Waals surface area contributed by atoms with Crippen molar-refractivity contribution in [2.45, 2.75) is 18.4 Å². The highest BCUT2D eigenvalue weighted by molar-refractivity contribution is 8.04. The van der Waals surface area contributed by atoms with Gasteiger partial charge >= 0.3 is 0 Å². The van der Waals surface area contributed by atoms with E-state index in [9.17, 15) is 9.59 Å². The molecule has 1 heterocycles. The summed E-state index contributed by atoms with van der Waals surface area (Å²) < 4.78 is 0. The SMILES string of the molecule is Cc1cccc(NC2=C(Sc3ccc(Cl)cc3)C(=O)N(Cc3ccccc3)C2=O)c1. The third kappa shape index (κ3) is 4.42. The van der Waals surface area contributed by atoms with Crippen LogP contribution >= 0.6 is 23.4 Å². The van der Waals surface area contributed by atoms with E-state index in [0.717, 1.165) is 21.7 Å². The van der Waals surface area contributed by atoms with E-state index in [2.05, 4.69) is 5.32 Å². The van der Waals surface area contributed by atoms with E-state index in [4.69, 9.17) is 11.6 Å². The number of amides is 2. The lowest BCUT2D eigenvalue weighted by Gasteiger charge is -2.15. The number of benzene rings is 3. The molecule has 0 aromatic heterocycles. The van der Waals surface area contributed by atoms with Gasteiger partial charge in [-0.1, -0.05) is 65.8 Å². The van der Waals surface area contributed by atoms with Gasteiger partial charge in [-0.25, -0.2) is 0 Å². The van der Waals surface area contributed by atoms with Crippen molar-refractivity contribution in [3.05, 3.63) is 106 Å². The maximum Gasteiger partial charge on any atom is 0.278 e. The molecule has 0 saturated carbocycles. The summed E-state index contributed by atoms with van der Waals surface area (Å²) in [7, 11) is 0. The molecule has 1 N–H and O–H groups in total. The van der Waals surface area contributed by atoms with Gasteiger partial charge in [0, 0.05) is 15.6 Å². The van der Waals surface area contributed by atoms with E-state index in [1.807, 2.05) is 73.7 Å². The van der Waals surface area contributed by atoms with Gasteiger partial charge in [-0.2, -0.15) is 0 Å². The van der Waals surface area contributed by atoms with Gasteiger partial charge in [-0.3, -0.25) is 14.5 Å². The van der Waals surface area contributed by atoms with Crippen LogP contribution in [0.3, 0.4) is 0 Å². The lowest BCUT2D eigenvalue weighted by Crippen LogP contribution is -2.31. The van der Waals surface area contributed by atoms with Crippen LogP contribution in [-0.2, 0) is 16.1 Å². The number of aryl methyl sites for hydroxylation is 1. The van der Waals surface area contributed by atoms with Gasteiger partial charge in [0.15, 0.2) is 0 Å². The smallest absolute Gasteiger partial charge is 0.278 e. The number of anilines is 1. The highest BCUT2D eigenvalue weighted by Crippen LogP contribution is 2.36. The molecule has 2 amide bonds. The van der Waals surface area contributed by atoms with Crippen molar-refractivity contribution in [3.8, 4) is 0 Å². The van der Waals surface area contributed by atoms with Gasteiger partial charge in [-0.15, -0.1) is 0 Å². The Bertz CT molecular complexity index is 1130. The summed E-state index contributed by atoms with van der Waals surface area (Å²) in [5, 5.41) is 3.80. The van der Waals surface area contributed by atoms with Crippen LogP contribution in [0.25, 0.3) is 0 Å². The number of carbonyl (C=O) groups is 2. The zero-order valence-corrected chi connectivity index (χ0v) is 17.8. The van der Waals surface area contributed by atoms with Crippen LogP contribution < -0.4 is 5.32 Å². The largest absolute Gasteiger partial charge is 0.350 e. The van der Waals surface area contributed by atoms with Crippen LogP contribution in [0.5, 0.6) is 0 Å². The topological polar surface area (TPSA) is 49.4 Å². The molecule has 6 heteroatoms. The van der Waals surface area contributed by atoms with E-state index in [0.29, 0.717) is 15.6 Å². The number of hydrogen-bond acceptors (Lipinski definition) is 4. The molecule has 1 aliphatic rings. The Hall–Kier alpha value is -3.02. The normalized spacial score (nSPS) is 13.9. The Kier molecular flexibility index (Phi) is 5.93. The first kappa shape index (κ1) is 20.3. The molecule has 0 radical (unpaired) electrons. The minimum atomic E-state index is -0.332. The molecule has 0 spiro atoms. The fourth-order valence-electron chi connectivity index (χ4n) is 3.16. The number of thioether (sulfide) groups is 1. The van der Waals surface area contributed by atoms with Crippen LogP contribution in [0.15, 0.2) is 94.4 Å². The second-order valence-electron chi connectivity index (χ2n) is 6.94. The van der Waals surface area contributed by atoms with E-state index in [1.165, 1.54) is 16.7 Å². The van der Waals surface area contributed by atoms with Crippen molar-refractivity contribution in [2.24, 2.45) is 0 Å². The molecular formula is C24H19ClN2O2S. The fourth-order valence-corrected chi connectivity index (χ4v) is 4.23. The summed E-state index contributed by atoms with van der Waals surface area (Å²) in [5.74, 6) is -0.638. The molecule has 0 fully saturated rings. The van der Waals surface area contributed by atoms with Gasteiger partial charge in [-0.05, 0) is 54.4 Å². The minimum absolute atomic E-state index is 0.224. The summed E-state index contributed by atoms with van der Waals surface area (Å²) in [6.45, 7) is 2.20. The molecule has 150 valence electrons. The molecule has 1 aliphatic heterocycles. The Morgan fingerprint density at radius 3 is 2.33 bits per heavy atom. The zero-order valence-electron chi connectivity index (χ0n) is 16.3. The molecule has 3 aromatic carbocycles. The highest BCUT2D eigenvalue weighted by atomic mass is 35.5. The number of nitrogens with one attached hydrogen (secondary N) is 1. The van der Waals surface area contributed by atoms with Crippen molar-refractivity contribution in [2.75, 3.05) is 5.32 Å². The molecule has 0 unspecified atom stereocenters. The third-order valence-corrected chi connectivity index (χ3v) is 5.97. The third-order valence-electron chi connectivity index (χ3n) is 4.63. The molecule has 4 rings (SSSR count). The van der Waals surface area contributed by atoms with E-state index in [1.54, 1.807) is 12.1 Å². The van der Waals surface area contributed by atoms with Gasteiger partial charge < -0.3 is 5.32 Å². The van der Waals surface area contributed by atoms with Crippen LogP contribution in [0.2, 0.25) is 5.02 Å². The van der Waals surface area contributed by atoms with Crippen molar-refractivity contribution < 1.29 is 9.59 Å². The predicted molar refractivity (Wildman–Crippen MR) is 121 cm³/mol. The van der Waals surface area contributed by atoms with Crippen LogP contribution in [-0.4, -0.2) is 16.7 Å². The Balaban J connectivity index is 1.68. The van der Waals surface area contributed by atoms with Crippen molar-refractivity contribution >= 4 is 40.9 Å². The lowest BCUT2D eigenvalue weighted by molar-refractivity contribution is -0.137. The first-order valence-corrected chi connectivity index (χ1v) is 10.6. The highest BCUT2D eigenvalue weighted by Gasteiger charge is 2.39. The Labute approximate surface area is 184 Å². The van der Waals surface area contributed by atoms with E-state index in [-0.39, 0.29) is 18.4 Å². The molecule has 0 bridgehead atoms. The van der Waals surface area contributed by atoms with Crippen molar-refractivity contribution in [1.82, 2.24) is 4.90 Å². The molecule has 3 aromatic rings. The first-order chi connectivity index (χ1) is 14.5. The quantitative estimate of drug-likeness (QED) is 0.510. The number of imide groups is 1. The summed E-state index contributed by atoms with van der Waals surface area (Å²) in [5.41, 5.74) is 3.01. The van der Waals surface area contributed by atoms with Crippen LogP contribution in [0, 0.1) is 6.92 Å².